The van der Waals surface area contributed by atoms with Crippen LogP contribution in [0.4, 0.5) is 10.6 Å². The summed E-state index contributed by atoms with van der Waals surface area (Å²) in [6.07, 6.45) is 6.68. The zero-order chi connectivity index (χ0) is 23.5. The SMILES string of the molecule is CCc1cc(C)cnc1-c1c(Cl)cnc(N2CCC(NC(=O)OC(C)(C)C)CC2)c1CC. The molecule has 1 N–H and O–H groups in total. The van der Waals surface area contributed by atoms with Gasteiger partial charge in [0.05, 0.1) is 10.7 Å². The highest BCUT2D eigenvalue weighted by molar-refractivity contribution is 6.33. The van der Waals surface area contributed by atoms with Crippen molar-refractivity contribution in [2.24, 2.45) is 0 Å². The van der Waals surface area contributed by atoms with Gasteiger partial charge in [0.25, 0.3) is 0 Å². The number of halogens is 1. The number of carbonyl (C=O) groups excluding carboxylic acids is 1. The van der Waals surface area contributed by atoms with Gasteiger partial charge in [0.1, 0.15) is 11.4 Å². The molecule has 1 saturated heterocycles. The Kier molecular flexibility index (Phi) is 7.65. The number of nitrogens with zero attached hydrogens (tertiary/aromatic N) is 3. The molecule has 7 heteroatoms. The molecule has 2 aromatic rings. The fraction of sp³-hybridized carbons (Fsp3) is 0.560. The number of aromatic nitrogens is 2. The van der Waals surface area contributed by atoms with Crippen LogP contribution in [0, 0.1) is 6.92 Å². The number of hydrogen-bond donors (Lipinski definition) is 1. The molecule has 1 amide bonds. The molecule has 0 spiro atoms. The molecule has 1 aliphatic rings. The Labute approximate surface area is 196 Å². The van der Waals surface area contributed by atoms with Crippen LogP contribution >= 0.6 is 11.6 Å². The Hall–Kier alpha value is -2.34. The van der Waals surface area contributed by atoms with Crippen molar-refractivity contribution in [3.05, 3.63) is 40.2 Å². The van der Waals surface area contributed by atoms with Crippen LogP contribution in [0.25, 0.3) is 11.3 Å². The van der Waals surface area contributed by atoms with E-state index in [2.05, 4.69) is 37.1 Å². The summed E-state index contributed by atoms with van der Waals surface area (Å²) in [5.41, 5.74) is 4.91. The molecule has 174 valence electrons. The molecule has 6 nitrogen and oxygen atoms in total. The first-order chi connectivity index (χ1) is 15.1. The highest BCUT2D eigenvalue weighted by Crippen LogP contribution is 2.37. The van der Waals surface area contributed by atoms with Crippen LogP contribution in [0.1, 0.15) is 64.2 Å². The monoisotopic (exact) mass is 458 g/mol. The van der Waals surface area contributed by atoms with E-state index in [0.717, 1.165) is 67.0 Å². The standard InChI is InChI=1S/C25H35ClN4O2/c1-7-17-13-16(3)14-27-22(17)21-19(8-2)23(28-15-20(21)26)30-11-9-18(10-12-30)29-24(31)32-25(4,5)6/h13-15,18H,7-12H2,1-6H3,(H,29,31). The maximum Gasteiger partial charge on any atom is 0.407 e. The number of hydrogen-bond acceptors (Lipinski definition) is 5. The summed E-state index contributed by atoms with van der Waals surface area (Å²) in [7, 11) is 0. The van der Waals surface area contributed by atoms with Crippen LogP contribution in [0.3, 0.4) is 0 Å². The van der Waals surface area contributed by atoms with Crippen molar-refractivity contribution in [1.82, 2.24) is 15.3 Å². The van der Waals surface area contributed by atoms with Gasteiger partial charge in [-0.15, -0.1) is 0 Å². The lowest BCUT2D eigenvalue weighted by Crippen LogP contribution is -2.46. The topological polar surface area (TPSA) is 67.4 Å². The van der Waals surface area contributed by atoms with Gasteiger partial charge in [0.15, 0.2) is 0 Å². The van der Waals surface area contributed by atoms with E-state index in [1.165, 1.54) is 5.56 Å². The summed E-state index contributed by atoms with van der Waals surface area (Å²) in [5.74, 6) is 0.965. The maximum absolute atomic E-state index is 12.1. The molecule has 1 fully saturated rings. The summed E-state index contributed by atoms with van der Waals surface area (Å²) in [6, 6.07) is 2.29. The molecule has 3 heterocycles. The summed E-state index contributed by atoms with van der Waals surface area (Å²) in [4.78, 5) is 23.9. The van der Waals surface area contributed by atoms with Crippen LogP contribution in [-0.4, -0.2) is 40.8 Å². The van der Waals surface area contributed by atoms with E-state index in [1.54, 1.807) is 6.20 Å². The number of amides is 1. The van der Waals surface area contributed by atoms with E-state index in [0.29, 0.717) is 5.02 Å². The van der Waals surface area contributed by atoms with Crippen molar-refractivity contribution in [2.45, 2.75) is 78.9 Å². The molecule has 0 unspecified atom stereocenters. The molecule has 3 rings (SSSR count). The second-order valence-corrected chi connectivity index (χ2v) is 9.83. The van der Waals surface area contributed by atoms with Gasteiger partial charge in [-0.1, -0.05) is 31.5 Å². The number of piperidine rings is 1. The number of carbonyl (C=O) groups is 1. The van der Waals surface area contributed by atoms with Gasteiger partial charge in [-0.25, -0.2) is 9.78 Å². The average Bonchev–Trinajstić information content (AvgIpc) is 2.73. The number of pyridine rings is 2. The number of ether oxygens (including phenoxy) is 1. The van der Waals surface area contributed by atoms with Crippen molar-refractivity contribution < 1.29 is 9.53 Å². The molecule has 0 atom stereocenters. The molecule has 0 aliphatic carbocycles. The van der Waals surface area contributed by atoms with Crippen LogP contribution in [-0.2, 0) is 17.6 Å². The molecule has 2 aromatic heterocycles. The van der Waals surface area contributed by atoms with Crippen LogP contribution in [0.15, 0.2) is 18.5 Å². The highest BCUT2D eigenvalue weighted by Gasteiger charge is 2.27. The normalized spacial score (nSPS) is 15.0. The van der Waals surface area contributed by atoms with Gasteiger partial charge >= 0.3 is 6.09 Å². The third-order valence-corrected chi connectivity index (χ3v) is 5.99. The fourth-order valence-corrected chi connectivity index (χ4v) is 4.47. The molecular weight excluding hydrogens is 424 g/mol. The van der Waals surface area contributed by atoms with Crippen molar-refractivity contribution in [3.63, 3.8) is 0 Å². The molecule has 32 heavy (non-hydrogen) atoms. The smallest absolute Gasteiger partial charge is 0.407 e. The maximum atomic E-state index is 12.1. The summed E-state index contributed by atoms with van der Waals surface area (Å²) < 4.78 is 5.40. The van der Waals surface area contributed by atoms with E-state index in [9.17, 15) is 4.79 Å². The lowest BCUT2D eigenvalue weighted by molar-refractivity contribution is 0.0497. The Morgan fingerprint density at radius 2 is 1.88 bits per heavy atom. The first-order valence-electron chi connectivity index (χ1n) is 11.5. The molecular formula is C25H35ClN4O2. The predicted octanol–water partition coefficient (Wildman–Crippen LogP) is 5.72. The molecule has 1 aliphatic heterocycles. The van der Waals surface area contributed by atoms with Gasteiger partial charge in [-0.3, -0.25) is 4.98 Å². The minimum Gasteiger partial charge on any atom is -0.444 e. The zero-order valence-electron chi connectivity index (χ0n) is 20.1. The third kappa shape index (κ3) is 5.71. The number of nitrogens with one attached hydrogen (secondary N) is 1. The minimum absolute atomic E-state index is 0.100. The minimum atomic E-state index is -0.494. The summed E-state index contributed by atoms with van der Waals surface area (Å²) in [5, 5.41) is 3.64. The Bertz CT molecular complexity index is 963. The lowest BCUT2D eigenvalue weighted by atomic mass is 9.96. The van der Waals surface area contributed by atoms with E-state index in [4.69, 9.17) is 26.3 Å². The second kappa shape index (κ2) is 10.1. The predicted molar refractivity (Wildman–Crippen MR) is 131 cm³/mol. The van der Waals surface area contributed by atoms with E-state index >= 15 is 0 Å². The summed E-state index contributed by atoms with van der Waals surface area (Å²) >= 11 is 6.67. The quantitative estimate of drug-likeness (QED) is 0.620. The van der Waals surface area contributed by atoms with Gasteiger partial charge in [0, 0.05) is 42.7 Å². The van der Waals surface area contributed by atoms with Crippen LogP contribution in [0.5, 0.6) is 0 Å². The largest absolute Gasteiger partial charge is 0.444 e. The zero-order valence-corrected chi connectivity index (χ0v) is 20.8. The van der Waals surface area contributed by atoms with Crippen LogP contribution < -0.4 is 10.2 Å². The number of anilines is 1. The van der Waals surface area contributed by atoms with E-state index in [-0.39, 0.29) is 12.1 Å². The van der Waals surface area contributed by atoms with Gasteiger partial charge < -0.3 is 15.0 Å². The Morgan fingerprint density at radius 1 is 1.19 bits per heavy atom. The van der Waals surface area contributed by atoms with Gasteiger partial charge in [-0.2, -0.15) is 0 Å². The lowest BCUT2D eigenvalue weighted by Gasteiger charge is -2.35. The van der Waals surface area contributed by atoms with Crippen molar-refractivity contribution >= 4 is 23.5 Å². The first kappa shape index (κ1) is 24.3. The fourth-order valence-electron chi connectivity index (χ4n) is 4.21. The molecule has 0 aromatic carbocycles. The van der Waals surface area contributed by atoms with Gasteiger partial charge in [0.2, 0.25) is 0 Å². The number of alkyl carbamates (subject to hydrolysis) is 1. The first-order valence-corrected chi connectivity index (χ1v) is 11.9. The van der Waals surface area contributed by atoms with E-state index < -0.39 is 5.60 Å². The van der Waals surface area contributed by atoms with Crippen LogP contribution in [0.2, 0.25) is 5.02 Å². The third-order valence-electron chi connectivity index (χ3n) is 5.70. The Morgan fingerprint density at radius 3 is 2.47 bits per heavy atom. The number of rotatable bonds is 5. The molecule has 0 bridgehead atoms. The van der Waals surface area contributed by atoms with Crippen molar-refractivity contribution in [2.75, 3.05) is 18.0 Å². The molecule has 0 radical (unpaired) electrons. The number of aryl methyl sites for hydroxylation is 2. The average molecular weight is 459 g/mol. The van der Waals surface area contributed by atoms with Crippen molar-refractivity contribution in [3.8, 4) is 11.3 Å². The second-order valence-electron chi connectivity index (χ2n) is 9.42. The molecule has 0 saturated carbocycles. The highest BCUT2D eigenvalue weighted by atomic mass is 35.5. The van der Waals surface area contributed by atoms with Gasteiger partial charge in [-0.05, 0) is 64.5 Å². The Balaban J connectivity index is 1.82. The van der Waals surface area contributed by atoms with E-state index in [1.807, 2.05) is 27.0 Å². The van der Waals surface area contributed by atoms with Crippen molar-refractivity contribution in [1.29, 1.82) is 0 Å². The summed E-state index contributed by atoms with van der Waals surface area (Å²) in [6.45, 7) is 13.6.